The molecule has 7 nitrogen and oxygen atoms in total. The third kappa shape index (κ3) is 9.01. The summed E-state index contributed by atoms with van der Waals surface area (Å²) in [5, 5.41) is 3.94. The summed E-state index contributed by atoms with van der Waals surface area (Å²) in [6, 6.07) is 25.7. The van der Waals surface area contributed by atoms with Gasteiger partial charge in [0.05, 0.1) is 20.6 Å². The highest BCUT2D eigenvalue weighted by molar-refractivity contribution is 7.92. The highest BCUT2D eigenvalue weighted by Gasteiger charge is 2.35. The number of nitrogens with zero attached hydrogens (tertiary/aromatic N) is 2. The third-order valence-electron chi connectivity index (χ3n) is 7.04. The monoisotopic (exact) mass is 685 g/mol. The van der Waals surface area contributed by atoms with E-state index in [1.165, 1.54) is 29.2 Å². The van der Waals surface area contributed by atoms with Gasteiger partial charge in [0, 0.05) is 24.0 Å². The number of sulfonamides is 1. The zero-order chi connectivity index (χ0) is 32.7. The molecule has 0 heterocycles. The van der Waals surface area contributed by atoms with E-state index in [9.17, 15) is 18.0 Å². The Morgan fingerprint density at radius 1 is 0.800 bits per heavy atom. The molecular formula is C34H34Cl3N3O4S. The van der Waals surface area contributed by atoms with E-state index in [0.717, 1.165) is 15.4 Å². The topological polar surface area (TPSA) is 86.8 Å². The Bertz CT molecular complexity index is 1730. The Labute approximate surface area is 279 Å². The molecule has 4 aromatic carbocycles. The van der Waals surface area contributed by atoms with E-state index in [0.29, 0.717) is 26.3 Å². The summed E-state index contributed by atoms with van der Waals surface area (Å²) in [4.78, 5) is 29.6. The van der Waals surface area contributed by atoms with Crippen molar-refractivity contribution in [3.63, 3.8) is 0 Å². The zero-order valence-electron chi connectivity index (χ0n) is 25.1. The van der Waals surface area contributed by atoms with E-state index < -0.39 is 28.5 Å². The zero-order valence-corrected chi connectivity index (χ0v) is 28.2. The fourth-order valence-electron chi connectivity index (χ4n) is 4.74. The van der Waals surface area contributed by atoms with Gasteiger partial charge in [-0.1, -0.05) is 88.9 Å². The molecule has 1 N–H and O–H groups in total. The minimum absolute atomic E-state index is 0.0263. The molecule has 0 aliphatic heterocycles. The molecular weight excluding hydrogens is 653 g/mol. The Morgan fingerprint density at radius 2 is 1.44 bits per heavy atom. The molecule has 1 atom stereocenters. The third-order valence-corrected chi connectivity index (χ3v) is 9.82. The minimum atomic E-state index is -4.23. The maximum absolute atomic E-state index is 14.5. The molecule has 0 saturated carbocycles. The first-order valence-electron chi connectivity index (χ1n) is 14.3. The van der Waals surface area contributed by atoms with Gasteiger partial charge in [0.25, 0.3) is 10.0 Å². The number of carbonyl (C=O) groups is 2. The van der Waals surface area contributed by atoms with Crippen LogP contribution in [0.15, 0.2) is 102 Å². The highest BCUT2D eigenvalue weighted by Crippen LogP contribution is 2.28. The molecule has 2 amide bonds. The van der Waals surface area contributed by atoms with Crippen LogP contribution in [0.1, 0.15) is 30.5 Å². The van der Waals surface area contributed by atoms with E-state index in [-0.39, 0.29) is 29.8 Å². The molecule has 45 heavy (non-hydrogen) atoms. The van der Waals surface area contributed by atoms with Gasteiger partial charge in [-0.2, -0.15) is 0 Å². The van der Waals surface area contributed by atoms with Crippen LogP contribution in [0.2, 0.25) is 15.1 Å². The molecule has 4 aromatic rings. The Kier molecular flexibility index (Phi) is 11.6. The summed E-state index contributed by atoms with van der Waals surface area (Å²) < 4.78 is 29.2. The second-order valence-electron chi connectivity index (χ2n) is 10.9. The van der Waals surface area contributed by atoms with Crippen LogP contribution in [0.5, 0.6) is 0 Å². The van der Waals surface area contributed by atoms with Gasteiger partial charge in [-0.25, -0.2) is 8.42 Å². The number of carbonyl (C=O) groups excluding carboxylic acids is 2. The van der Waals surface area contributed by atoms with Crippen molar-refractivity contribution in [1.82, 2.24) is 10.2 Å². The van der Waals surface area contributed by atoms with Crippen molar-refractivity contribution in [2.45, 2.75) is 50.7 Å². The van der Waals surface area contributed by atoms with Gasteiger partial charge in [-0.15, -0.1) is 0 Å². The number of halogens is 3. The quantitative estimate of drug-likeness (QED) is 0.169. The number of aryl methyl sites for hydroxylation is 1. The van der Waals surface area contributed by atoms with Gasteiger partial charge in [0.15, 0.2) is 0 Å². The van der Waals surface area contributed by atoms with Crippen LogP contribution in [-0.4, -0.2) is 43.8 Å². The van der Waals surface area contributed by atoms with Crippen molar-refractivity contribution in [3.8, 4) is 0 Å². The molecule has 0 aliphatic rings. The second kappa shape index (κ2) is 15.1. The number of hydrogen-bond acceptors (Lipinski definition) is 4. The van der Waals surface area contributed by atoms with Crippen molar-refractivity contribution in [1.29, 1.82) is 0 Å². The van der Waals surface area contributed by atoms with Crippen LogP contribution in [0, 0.1) is 6.92 Å². The largest absolute Gasteiger partial charge is 0.352 e. The van der Waals surface area contributed by atoms with Gasteiger partial charge in [-0.3, -0.25) is 13.9 Å². The highest BCUT2D eigenvalue weighted by atomic mass is 35.5. The lowest BCUT2D eigenvalue weighted by atomic mass is 10.0. The molecule has 0 aromatic heterocycles. The van der Waals surface area contributed by atoms with Crippen LogP contribution in [0.3, 0.4) is 0 Å². The Hall–Kier alpha value is -3.56. The average molecular weight is 687 g/mol. The number of hydrogen-bond donors (Lipinski definition) is 1. The van der Waals surface area contributed by atoms with E-state index in [4.69, 9.17) is 34.8 Å². The molecule has 11 heteroatoms. The summed E-state index contributed by atoms with van der Waals surface area (Å²) in [5.41, 5.74) is 2.67. The van der Waals surface area contributed by atoms with Gasteiger partial charge in [0.2, 0.25) is 11.8 Å². The number of rotatable bonds is 12. The standard InChI is InChI=1S/C34H34Cl3N3O4S/c1-23(2)38-34(42)32(20-25-7-5-4-6-8-25)39(21-26-11-18-30(36)31(37)19-26)33(41)22-40(28-14-9-24(3)10-15-28)45(43,44)29-16-12-27(35)13-17-29/h4-19,23,32H,20-22H2,1-3H3,(H,38,42)/t32-/m0/s1. The lowest BCUT2D eigenvalue weighted by Gasteiger charge is -2.34. The molecule has 0 saturated heterocycles. The predicted molar refractivity (Wildman–Crippen MR) is 181 cm³/mol. The van der Waals surface area contributed by atoms with Crippen molar-refractivity contribution < 1.29 is 18.0 Å². The van der Waals surface area contributed by atoms with Crippen LogP contribution in [-0.2, 0) is 32.6 Å². The van der Waals surface area contributed by atoms with E-state index in [1.807, 2.05) is 51.1 Å². The fraction of sp³-hybridized carbons (Fsp3) is 0.235. The number of anilines is 1. The first kappa shape index (κ1) is 34.3. The minimum Gasteiger partial charge on any atom is -0.352 e. The molecule has 0 radical (unpaired) electrons. The molecule has 0 spiro atoms. The molecule has 4 rings (SSSR count). The normalized spacial score (nSPS) is 12.1. The summed E-state index contributed by atoms with van der Waals surface area (Å²) >= 11 is 18.5. The molecule has 0 aliphatic carbocycles. The molecule has 0 bridgehead atoms. The fourth-order valence-corrected chi connectivity index (χ4v) is 6.60. The first-order valence-corrected chi connectivity index (χ1v) is 16.8. The van der Waals surface area contributed by atoms with E-state index in [1.54, 1.807) is 42.5 Å². The number of amides is 2. The van der Waals surface area contributed by atoms with Crippen molar-refractivity contribution >= 4 is 62.3 Å². The van der Waals surface area contributed by atoms with Gasteiger partial charge >= 0.3 is 0 Å². The van der Waals surface area contributed by atoms with Crippen molar-refractivity contribution in [3.05, 3.63) is 129 Å². The maximum atomic E-state index is 14.5. The second-order valence-corrected chi connectivity index (χ2v) is 14.1. The van der Waals surface area contributed by atoms with E-state index in [2.05, 4.69) is 5.32 Å². The van der Waals surface area contributed by atoms with Crippen molar-refractivity contribution in [2.24, 2.45) is 0 Å². The molecule has 236 valence electrons. The van der Waals surface area contributed by atoms with Crippen molar-refractivity contribution in [2.75, 3.05) is 10.8 Å². The summed E-state index contributed by atoms with van der Waals surface area (Å²) in [6.07, 6.45) is 0.195. The van der Waals surface area contributed by atoms with Crippen LogP contribution >= 0.6 is 34.8 Å². The molecule has 0 unspecified atom stereocenters. The Balaban J connectivity index is 1.81. The van der Waals surface area contributed by atoms with Crippen LogP contribution in [0.4, 0.5) is 5.69 Å². The molecule has 0 fully saturated rings. The van der Waals surface area contributed by atoms with E-state index >= 15 is 0 Å². The number of benzene rings is 4. The Morgan fingerprint density at radius 3 is 2.04 bits per heavy atom. The first-order chi connectivity index (χ1) is 21.3. The number of nitrogens with one attached hydrogen (secondary N) is 1. The maximum Gasteiger partial charge on any atom is 0.264 e. The summed E-state index contributed by atoms with van der Waals surface area (Å²) in [5.74, 6) is -0.955. The average Bonchev–Trinajstić information content (AvgIpc) is 3.00. The SMILES string of the molecule is Cc1ccc(N(CC(=O)N(Cc2ccc(Cl)c(Cl)c2)[C@@H](Cc2ccccc2)C(=O)NC(C)C)S(=O)(=O)c2ccc(Cl)cc2)cc1. The summed E-state index contributed by atoms with van der Waals surface area (Å²) in [7, 11) is -4.23. The lowest BCUT2D eigenvalue weighted by molar-refractivity contribution is -0.140. The van der Waals surface area contributed by atoms with Crippen LogP contribution < -0.4 is 9.62 Å². The lowest BCUT2D eigenvalue weighted by Crippen LogP contribution is -2.54. The van der Waals surface area contributed by atoms with Gasteiger partial charge < -0.3 is 10.2 Å². The van der Waals surface area contributed by atoms with Gasteiger partial charge in [-0.05, 0) is 80.4 Å². The van der Waals surface area contributed by atoms with Gasteiger partial charge in [0.1, 0.15) is 12.6 Å². The predicted octanol–water partition coefficient (Wildman–Crippen LogP) is 7.32. The summed E-state index contributed by atoms with van der Waals surface area (Å²) in [6.45, 7) is 4.95. The van der Waals surface area contributed by atoms with Crippen LogP contribution in [0.25, 0.3) is 0 Å². The smallest absolute Gasteiger partial charge is 0.264 e.